The smallest absolute Gasteiger partial charge is 0.237 e. The zero-order chi connectivity index (χ0) is 13.0. The van der Waals surface area contributed by atoms with Crippen molar-refractivity contribution in [1.29, 1.82) is 0 Å². The van der Waals surface area contributed by atoms with E-state index >= 15 is 0 Å². The molecule has 0 bridgehead atoms. The summed E-state index contributed by atoms with van der Waals surface area (Å²) in [6.45, 7) is 2.43. The van der Waals surface area contributed by atoms with E-state index in [0.29, 0.717) is 18.2 Å². The number of rotatable bonds is 4. The van der Waals surface area contributed by atoms with E-state index in [1.807, 2.05) is 7.05 Å². The van der Waals surface area contributed by atoms with Gasteiger partial charge in [-0.05, 0) is 37.7 Å². The van der Waals surface area contributed by atoms with E-state index in [1.54, 1.807) is 25.4 Å². The highest BCUT2D eigenvalue weighted by Crippen LogP contribution is 2.23. The molecule has 0 aliphatic carbocycles. The quantitative estimate of drug-likeness (QED) is 0.901. The van der Waals surface area contributed by atoms with E-state index in [1.165, 1.54) is 12.1 Å². The van der Waals surface area contributed by atoms with E-state index < -0.39 is 0 Å². The average molecular weight is 247 g/mol. The van der Waals surface area contributed by atoms with Crippen LogP contribution in [-0.2, 0) is 6.54 Å². The van der Waals surface area contributed by atoms with Gasteiger partial charge < -0.3 is 10.1 Å². The maximum Gasteiger partial charge on any atom is 0.237 e. The molecule has 0 radical (unpaired) electrons. The molecule has 1 aromatic heterocycles. The van der Waals surface area contributed by atoms with Crippen molar-refractivity contribution in [3.8, 4) is 11.6 Å². The van der Waals surface area contributed by atoms with Crippen LogP contribution in [0.3, 0.4) is 0 Å². The zero-order valence-corrected chi connectivity index (χ0v) is 10.3. The van der Waals surface area contributed by atoms with Gasteiger partial charge in [-0.25, -0.2) is 9.37 Å². The summed E-state index contributed by atoms with van der Waals surface area (Å²) in [4.78, 5) is 8.33. The van der Waals surface area contributed by atoms with Gasteiger partial charge in [-0.3, -0.25) is 4.98 Å². The summed E-state index contributed by atoms with van der Waals surface area (Å²) < 4.78 is 18.5. The first-order valence-corrected chi connectivity index (χ1v) is 5.58. The molecule has 1 aromatic carbocycles. The molecule has 0 fully saturated rings. The highest BCUT2D eigenvalue weighted by molar-refractivity contribution is 5.35. The van der Waals surface area contributed by atoms with E-state index in [0.717, 1.165) is 11.3 Å². The number of halogens is 1. The molecule has 0 saturated carbocycles. The summed E-state index contributed by atoms with van der Waals surface area (Å²) >= 11 is 0. The average Bonchev–Trinajstić information content (AvgIpc) is 2.35. The lowest BCUT2D eigenvalue weighted by atomic mass is 10.2. The van der Waals surface area contributed by atoms with Crippen molar-refractivity contribution in [3.63, 3.8) is 0 Å². The molecule has 0 spiro atoms. The molecule has 0 aliphatic heterocycles. The van der Waals surface area contributed by atoms with Gasteiger partial charge >= 0.3 is 0 Å². The predicted octanol–water partition coefficient (Wildman–Crippen LogP) is 2.44. The Kier molecular flexibility index (Phi) is 3.84. The molecule has 0 unspecified atom stereocenters. The number of nitrogens with zero attached hydrogens (tertiary/aromatic N) is 2. The van der Waals surface area contributed by atoms with Gasteiger partial charge in [0.25, 0.3) is 0 Å². The fourth-order valence-electron chi connectivity index (χ4n) is 1.51. The van der Waals surface area contributed by atoms with Crippen LogP contribution in [-0.4, -0.2) is 17.0 Å². The highest BCUT2D eigenvalue weighted by atomic mass is 19.1. The highest BCUT2D eigenvalue weighted by Gasteiger charge is 2.04. The fourth-order valence-corrected chi connectivity index (χ4v) is 1.51. The maximum atomic E-state index is 12.9. The molecule has 2 aromatic rings. The lowest BCUT2D eigenvalue weighted by Gasteiger charge is -2.07. The number of aryl methyl sites for hydroxylation is 1. The van der Waals surface area contributed by atoms with Gasteiger partial charge in [-0.15, -0.1) is 0 Å². The van der Waals surface area contributed by atoms with Crippen LogP contribution in [0.4, 0.5) is 4.39 Å². The van der Waals surface area contributed by atoms with E-state index in [-0.39, 0.29) is 5.82 Å². The van der Waals surface area contributed by atoms with Gasteiger partial charge in [-0.2, -0.15) is 0 Å². The molecule has 18 heavy (non-hydrogen) atoms. The van der Waals surface area contributed by atoms with Crippen molar-refractivity contribution in [2.24, 2.45) is 0 Å². The second kappa shape index (κ2) is 5.55. The molecule has 94 valence electrons. The Labute approximate surface area is 105 Å². The van der Waals surface area contributed by atoms with E-state index in [2.05, 4.69) is 15.3 Å². The molecule has 2 rings (SSSR count). The number of aromatic nitrogens is 2. The van der Waals surface area contributed by atoms with Crippen molar-refractivity contribution in [3.05, 3.63) is 47.7 Å². The Morgan fingerprint density at radius 3 is 2.72 bits per heavy atom. The SMILES string of the molecule is CNCc1cnc(Oc2ccc(F)cc2C)cn1. The number of hydrogen-bond acceptors (Lipinski definition) is 4. The molecule has 1 heterocycles. The standard InChI is InChI=1S/C13H14FN3O/c1-9-5-10(14)3-4-12(9)18-13-8-16-11(6-15-2)7-17-13/h3-5,7-8,15H,6H2,1-2H3. The number of ether oxygens (including phenoxy) is 1. The summed E-state index contributed by atoms with van der Waals surface area (Å²) in [7, 11) is 1.84. The van der Waals surface area contributed by atoms with Gasteiger partial charge in [0.2, 0.25) is 5.88 Å². The van der Waals surface area contributed by atoms with Crippen LogP contribution in [0, 0.1) is 12.7 Å². The summed E-state index contributed by atoms with van der Waals surface area (Å²) in [6.07, 6.45) is 3.19. The summed E-state index contributed by atoms with van der Waals surface area (Å²) in [5.74, 6) is 0.687. The lowest BCUT2D eigenvalue weighted by Crippen LogP contribution is -2.07. The van der Waals surface area contributed by atoms with Crippen LogP contribution in [0.5, 0.6) is 11.6 Å². The summed E-state index contributed by atoms with van der Waals surface area (Å²) in [6, 6.07) is 4.34. The molecular formula is C13H14FN3O. The van der Waals surface area contributed by atoms with Crippen molar-refractivity contribution < 1.29 is 9.13 Å². The first kappa shape index (κ1) is 12.4. The van der Waals surface area contributed by atoms with Crippen LogP contribution in [0.1, 0.15) is 11.3 Å². The zero-order valence-electron chi connectivity index (χ0n) is 10.3. The lowest BCUT2D eigenvalue weighted by molar-refractivity contribution is 0.453. The van der Waals surface area contributed by atoms with Gasteiger partial charge in [0, 0.05) is 6.54 Å². The van der Waals surface area contributed by atoms with E-state index in [9.17, 15) is 4.39 Å². The van der Waals surface area contributed by atoms with Gasteiger partial charge in [-0.1, -0.05) is 0 Å². The molecule has 5 heteroatoms. The Morgan fingerprint density at radius 2 is 2.11 bits per heavy atom. The van der Waals surface area contributed by atoms with Crippen LogP contribution >= 0.6 is 0 Å². The van der Waals surface area contributed by atoms with Crippen LogP contribution in [0.25, 0.3) is 0 Å². The third-order valence-electron chi connectivity index (χ3n) is 2.39. The third kappa shape index (κ3) is 3.01. The largest absolute Gasteiger partial charge is 0.437 e. The second-order valence-corrected chi connectivity index (χ2v) is 3.89. The summed E-state index contributed by atoms with van der Waals surface area (Å²) in [5.41, 5.74) is 1.55. The molecule has 4 nitrogen and oxygen atoms in total. The van der Waals surface area contributed by atoms with Crippen molar-refractivity contribution >= 4 is 0 Å². The fraction of sp³-hybridized carbons (Fsp3) is 0.231. The van der Waals surface area contributed by atoms with E-state index in [4.69, 9.17) is 4.74 Å². The molecule has 0 atom stereocenters. The number of nitrogens with one attached hydrogen (secondary N) is 1. The number of hydrogen-bond donors (Lipinski definition) is 1. The first-order chi connectivity index (χ1) is 8.69. The predicted molar refractivity (Wildman–Crippen MR) is 66.0 cm³/mol. The normalized spacial score (nSPS) is 10.4. The minimum atomic E-state index is -0.282. The Morgan fingerprint density at radius 1 is 1.28 bits per heavy atom. The maximum absolute atomic E-state index is 12.9. The van der Waals surface area contributed by atoms with Crippen molar-refractivity contribution in [2.75, 3.05) is 7.05 Å². The van der Waals surface area contributed by atoms with Crippen LogP contribution in [0.15, 0.2) is 30.6 Å². The molecular weight excluding hydrogens is 233 g/mol. The Balaban J connectivity index is 2.13. The monoisotopic (exact) mass is 247 g/mol. The molecule has 0 amide bonds. The van der Waals surface area contributed by atoms with Gasteiger partial charge in [0.1, 0.15) is 11.6 Å². The van der Waals surface area contributed by atoms with Crippen molar-refractivity contribution in [2.45, 2.75) is 13.5 Å². The minimum Gasteiger partial charge on any atom is -0.437 e. The summed E-state index contributed by atoms with van der Waals surface area (Å²) in [5, 5.41) is 2.98. The first-order valence-electron chi connectivity index (χ1n) is 5.58. The number of benzene rings is 1. The van der Waals surface area contributed by atoms with Crippen LogP contribution < -0.4 is 10.1 Å². The third-order valence-corrected chi connectivity index (χ3v) is 2.39. The Bertz CT molecular complexity index is 528. The van der Waals surface area contributed by atoms with Gasteiger partial charge in [0.05, 0.1) is 18.1 Å². The van der Waals surface area contributed by atoms with Crippen molar-refractivity contribution in [1.82, 2.24) is 15.3 Å². The van der Waals surface area contributed by atoms with Crippen LogP contribution in [0.2, 0.25) is 0 Å². The second-order valence-electron chi connectivity index (χ2n) is 3.89. The van der Waals surface area contributed by atoms with Gasteiger partial charge in [0.15, 0.2) is 0 Å². The Hall–Kier alpha value is -2.01. The topological polar surface area (TPSA) is 47.0 Å². The minimum absolute atomic E-state index is 0.282. The molecule has 0 saturated heterocycles. The molecule has 1 N–H and O–H groups in total. The molecule has 0 aliphatic rings.